The van der Waals surface area contributed by atoms with Crippen LogP contribution >= 0.6 is 0 Å². The first-order valence-corrected chi connectivity index (χ1v) is 9.98. The smallest absolute Gasteiger partial charge is 0.267 e. The second-order valence-corrected chi connectivity index (χ2v) is 8.06. The van der Waals surface area contributed by atoms with Crippen molar-refractivity contribution in [1.29, 1.82) is 0 Å². The standard InChI is InChI=1S/C23H25N6/c1-17-9-7-8-12-19(17)23(22(13-14-22)21-28(2)15-16-29(21)3)26-24-20(25-27-23)18-10-5-4-6-11-18/h4-12,15-16,26H,13-14H2,1-3H3/q+1. The van der Waals surface area contributed by atoms with E-state index in [1.54, 1.807) is 0 Å². The molecular formula is C23H25N6+. The zero-order chi connectivity index (χ0) is 20.1. The summed E-state index contributed by atoms with van der Waals surface area (Å²) in [6.07, 6.45) is 6.24. The van der Waals surface area contributed by atoms with E-state index in [0.29, 0.717) is 5.84 Å². The van der Waals surface area contributed by atoms with E-state index in [4.69, 9.17) is 10.2 Å². The minimum atomic E-state index is -0.736. The maximum absolute atomic E-state index is 4.98. The minimum absolute atomic E-state index is 0.207. The Morgan fingerprint density at radius 1 is 1.03 bits per heavy atom. The third-order valence-corrected chi connectivity index (χ3v) is 6.24. The van der Waals surface area contributed by atoms with Crippen LogP contribution in [-0.2, 0) is 25.2 Å². The molecule has 0 spiro atoms. The number of hydrogen-bond acceptors (Lipinski definition) is 4. The molecule has 1 N–H and O–H groups in total. The van der Waals surface area contributed by atoms with Crippen LogP contribution in [0.5, 0.6) is 0 Å². The molecule has 1 fully saturated rings. The van der Waals surface area contributed by atoms with Crippen LogP contribution in [0.4, 0.5) is 0 Å². The predicted molar refractivity (Wildman–Crippen MR) is 111 cm³/mol. The lowest BCUT2D eigenvalue weighted by atomic mass is 9.80. The van der Waals surface area contributed by atoms with E-state index in [0.717, 1.165) is 24.0 Å². The van der Waals surface area contributed by atoms with Gasteiger partial charge in [0.2, 0.25) is 11.5 Å². The lowest BCUT2D eigenvalue weighted by molar-refractivity contribution is -0.682. The Hall–Kier alpha value is -3.28. The summed E-state index contributed by atoms with van der Waals surface area (Å²) in [7, 11) is 4.19. The molecule has 0 bridgehead atoms. The van der Waals surface area contributed by atoms with Gasteiger partial charge in [-0.3, -0.25) is 5.43 Å². The average molecular weight is 385 g/mol. The first-order valence-electron chi connectivity index (χ1n) is 9.98. The third kappa shape index (κ3) is 2.55. The highest BCUT2D eigenvalue weighted by atomic mass is 15.5. The number of rotatable bonds is 4. The van der Waals surface area contributed by atoms with Gasteiger partial charge >= 0.3 is 0 Å². The molecule has 146 valence electrons. The van der Waals surface area contributed by atoms with Gasteiger partial charge in [-0.25, -0.2) is 9.13 Å². The molecule has 6 heteroatoms. The number of azo groups is 1. The Morgan fingerprint density at radius 3 is 2.34 bits per heavy atom. The molecule has 0 saturated heterocycles. The molecule has 5 rings (SSSR count). The van der Waals surface area contributed by atoms with Gasteiger partial charge in [-0.15, -0.1) is 5.11 Å². The third-order valence-electron chi connectivity index (χ3n) is 6.24. The molecule has 1 aromatic heterocycles. The van der Waals surface area contributed by atoms with Gasteiger partial charge in [-0.1, -0.05) is 54.6 Å². The Bertz CT molecular complexity index is 1100. The Kier molecular flexibility index (Phi) is 3.91. The van der Waals surface area contributed by atoms with Crippen LogP contribution in [0.3, 0.4) is 0 Å². The van der Waals surface area contributed by atoms with E-state index in [2.05, 4.69) is 77.4 Å². The van der Waals surface area contributed by atoms with Crippen molar-refractivity contribution < 1.29 is 4.57 Å². The van der Waals surface area contributed by atoms with Gasteiger partial charge in [0.25, 0.3) is 5.82 Å². The van der Waals surface area contributed by atoms with E-state index in [-0.39, 0.29) is 5.41 Å². The molecule has 1 atom stereocenters. The highest BCUT2D eigenvalue weighted by molar-refractivity contribution is 5.99. The van der Waals surface area contributed by atoms with E-state index in [9.17, 15) is 0 Å². The number of nitrogens with zero attached hydrogens (tertiary/aromatic N) is 5. The van der Waals surface area contributed by atoms with Crippen molar-refractivity contribution in [2.24, 2.45) is 29.4 Å². The lowest BCUT2D eigenvalue weighted by Crippen LogP contribution is -2.54. The van der Waals surface area contributed by atoms with Crippen LogP contribution < -0.4 is 9.99 Å². The zero-order valence-electron chi connectivity index (χ0n) is 17.0. The van der Waals surface area contributed by atoms with Crippen molar-refractivity contribution >= 4 is 5.84 Å². The van der Waals surface area contributed by atoms with E-state index in [1.165, 1.54) is 11.4 Å². The van der Waals surface area contributed by atoms with Crippen molar-refractivity contribution in [2.75, 3.05) is 0 Å². The summed E-state index contributed by atoms with van der Waals surface area (Å²) >= 11 is 0. The van der Waals surface area contributed by atoms with Crippen LogP contribution in [0.1, 0.15) is 35.4 Å². The van der Waals surface area contributed by atoms with Crippen LogP contribution in [0, 0.1) is 6.92 Å². The Labute approximate surface area is 170 Å². The molecule has 6 nitrogen and oxygen atoms in total. The molecule has 1 unspecified atom stereocenters. The maximum atomic E-state index is 4.98. The highest BCUT2D eigenvalue weighted by Crippen LogP contribution is 2.60. The SMILES string of the molecule is Cc1ccccc1C1(C2(c3n(C)cc[n+]3C)CC2)N=NC(c2ccccc2)=NN1. The van der Waals surface area contributed by atoms with Crippen molar-refractivity contribution in [3.63, 3.8) is 0 Å². The molecule has 0 radical (unpaired) electrons. The van der Waals surface area contributed by atoms with Gasteiger partial charge in [0.15, 0.2) is 0 Å². The number of aryl methyl sites for hydroxylation is 3. The second-order valence-electron chi connectivity index (χ2n) is 8.06. The van der Waals surface area contributed by atoms with Crippen LogP contribution in [-0.4, -0.2) is 10.4 Å². The normalized spacial score (nSPS) is 22.1. The van der Waals surface area contributed by atoms with Crippen molar-refractivity contribution in [3.05, 3.63) is 89.5 Å². The summed E-state index contributed by atoms with van der Waals surface area (Å²) in [5, 5.41) is 14.4. The number of hydrazone groups is 1. The van der Waals surface area contributed by atoms with Crippen LogP contribution in [0.15, 0.2) is 82.3 Å². The first-order chi connectivity index (χ1) is 14.1. The van der Waals surface area contributed by atoms with E-state index < -0.39 is 5.66 Å². The summed E-state index contributed by atoms with van der Waals surface area (Å²) in [6.45, 7) is 2.13. The summed E-state index contributed by atoms with van der Waals surface area (Å²) in [6, 6.07) is 18.4. The van der Waals surface area contributed by atoms with Gasteiger partial charge in [-0.05, 0) is 25.3 Å². The highest BCUT2D eigenvalue weighted by Gasteiger charge is 2.69. The predicted octanol–water partition coefficient (Wildman–Crippen LogP) is 3.46. The number of hydrogen-bond donors (Lipinski definition) is 1. The molecule has 2 heterocycles. The Morgan fingerprint density at radius 2 is 1.76 bits per heavy atom. The van der Waals surface area contributed by atoms with E-state index in [1.807, 2.05) is 30.3 Å². The van der Waals surface area contributed by atoms with Crippen molar-refractivity contribution in [1.82, 2.24) is 9.99 Å². The number of imidazole rings is 1. The van der Waals surface area contributed by atoms with Crippen molar-refractivity contribution in [3.8, 4) is 0 Å². The molecule has 3 aromatic rings. The largest absolute Gasteiger partial charge is 0.274 e. The molecule has 1 saturated carbocycles. The molecule has 2 aliphatic rings. The molecule has 1 aliphatic heterocycles. The van der Waals surface area contributed by atoms with Gasteiger partial charge in [0.05, 0.1) is 14.1 Å². The number of nitrogens with one attached hydrogen (secondary N) is 1. The van der Waals surface area contributed by atoms with Gasteiger partial charge in [0.1, 0.15) is 17.8 Å². The molecular weight excluding hydrogens is 360 g/mol. The summed E-state index contributed by atoms with van der Waals surface area (Å²) in [4.78, 5) is 0. The van der Waals surface area contributed by atoms with Crippen molar-refractivity contribution in [2.45, 2.75) is 30.8 Å². The Balaban J connectivity index is 1.67. The van der Waals surface area contributed by atoms with Crippen LogP contribution in [0.25, 0.3) is 0 Å². The topological polar surface area (TPSA) is 57.9 Å². The summed E-state index contributed by atoms with van der Waals surface area (Å²) < 4.78 is 4.39. The quantitative estimate of drug-likeness (QED) is 0.687. The molecule has 2 aromatic carbocycles. The fourth-order valence-corrected chi connectivity index (χ4v) is 4.70. The van der Waals surface area contributed by atoms with Gasteiger partial charge in [0, 0.05) is 11.1 Å². The average Bonchev–Trinajstić information content (AvgIpc) is 3.48. The first kappa shape index (κ1) is 17.8. The number of aromatic nitrogens is 2. The minimum Gasteiger partial charge on any atom is -0.274 e. The van der Waals surface area contributed by atoms with E-state index >= 15 is 0 Å². The lowest BCUT2D eigenvalue weighted by Gasteiger charge is -2.37. The molecule has 29 heavy (non-hydrogen) atoms. The molecule has 0 amide bonds. The van der Waals surface area contributed by atoms with Gasteiger partial charge in [-0.2, -0.15) is 10.2 Å². The monoisotopic (exact) mass is 385 g/mol. The fourth-order valence-electron chi connectivity index (χ4n) is 4.70. The number of benzene rings is 2. The molecule has 1 aliphatic carbocycles. The van der Waals surface area contributed by atoms with Crippen LogP contribution in [0.2, 0.25) is 0 Å². The zero-order valence-corrected chi connectivity index (χ0v) is 17.0. The van der Waals surface area contributed by atoms with Gasteiger partial charge < -0.3 is 0 Å². The summed E-state index contributed by atoms with van der Waals surface area (Å²) in [5.74, 6) is 1.84. The number of amidine groups is 1. The summed E-state index contributed by atoms with van der Waals surface area (Å²) in [5.41, 5.74) is 5.80. The second kappa shape index (κ2) is 6.37. The maximum Gasteiger partial charge on any atom is 0.267 e. The fraction of sp³-hybridized carbons (Fsp3) is 0.304.